The van der Waals surface area contributed by atoms with Crippen molar-refractivity contribution in [2.24, 2.45) is 0 Å². The molecule has 3 aromatic rings. The van der Waals surface area contributed by atoms with Gasteiger partial charge in [0.05, 0.1) is 11.7 Å². The molecule has 0 bridgehead atoms. The number of likely N-dealkylation sites (tertiary alicyclic amines) is 1. The van der Waals surface area contributed by atoms with Crippen LogP contribution in [0.1, 0.15) is 47.7 Å². The Hall–Kier alpha value is -3.44. The van der Waals surface area contributed by atoms with Gasteiger partial charge in [0, 0.05) is 37.5 Å². The van der Waals surface area contributed by atoms with Gasteiger partial charge in [0.2, 0.25) is 5.91 Å². The van der Waals surface area contributed by atoms with Crippen molar-refractivity contribution in [3.63, 3.8) is 0 Å². The van der Waals surface area contributed by atoms with Crippen molar-refractivity contribution in [1.82, 2.24) is 15.1 Å². The first kappa shape index (κ1) is 24.3. The Bertz CT molecular complexity index is 1160. The van der Waals surface area contributed by atoms with Gasteiger partial charge in [-0.25, -0.2) is 0 Å². The molecule has 0 aliphatic carbocycles. The van der Waals surface area contributed by atoms with Crippen molar-refractivity contribution < 1.29 is 9.59 Å². The number of rotatable bonds is 7. The summed E-state index contributed by atoms with van der Waals surface area (Å²) in [7, 11) is 0. The number of hydrogen-bond donors (Lipinski definition) is 1. The van der Waals surface area contributed by atoms with Gasteiger partial charge in [0.1, 0.15) is 0 Å². The van der Waals surface area contributed by atoms with Crippen molar-refractivity contribution in [3.05, 3.63) is 108 Å². The smallest absolute Gasteiger partial charge is 0.253 e. The predicted molar refractivity (Wildman–Crippen MR) is 142 cm³/mol. The topological polar surface area (TPSA) is 52.7 Å². The number of nitrogens with zero attached hydrogens (tertiary/aromatic N) is 2. The molecule has 2 saturated heterocycles. The minimum atomic E-state index is -0.417. The summed E-state index contributed by atoms with van der Waals surface area (Å²) in [5, 5.41) is 3.77. The first-order valence-electron chi connectivity index (χ1n) is 13.1. The van der Waals surface area contributed by atoms with E-state index in [1.807, 2.05) is 59.5 Å². The zero-order chi connectivity index (χ0) is 25.0. The van der Waals surface area contributed by atoms with Gasteiger partial charge in [0.25, 0.3) is 5.91 Å². The van der Waals surface area contributed by atoms with Crippen molar-refractivity contribution in [3.8, 4) is 0 Å². The number of carbonyl (C=O) groups is 2. The normalized spacial score (nSPS) is 20.0. The monoisotopic (exact) mass is 481 g/mol. The molecule has 0 aromatic heterocycles. The summed E-state index contributed by atoms with van der Waals surface area (Å²) in [6.07, 6.45) is 3.99. The fraction of sp³-hybridized carbons (Fsp3) is 0.355. The quantitative estimate of drug-likeness (QED) is 0.533. The molecular formula is C31H35N3O2. The summed E-state index contributed by atoms with van der Waals surface area (Å²) in [4.78, 5) is 31.0. The molecule has 5 rings (SSSR count). The van der Waals surface area contributed by atoms with Crippen LogP contribution < -0.4 is 5.32 Å². The van der Waals surface area contributed by atoms with Gasteiger partial charge in [-0.05, 0) is 49.4 Å². The van der Waals surface area contributed by atoms with E-state index in [2.05, 4.69) is 53.5 Å². The third-order valence-electron chi connectivity index (χ3n) is 7.76. The second-order valence-corrected chi connectivity index (χ2v) is 10.2. The SMILES string of the molecule is CC(CCc1ccccc1)N1C(=O)C(Cc2ccccc2)NC12CCN(C(=O)c1ccccc1)CC2. The molecule has 5 heteroatoms. The molecule has 3 aromatic carbocycles. The van der Waals surface area contributed by atoms with Crippen LogP contribution in [0.3, 0.4) is 0 Å². The van der Waals surface area contributed by atoms with Crippen LogP contribution in [0, 0.1) is 0 Å². The first-order chi connectivity index (χ1) is 17.6. The van der Waals surface area contributed by atoms with Crippen LogP contribution in [0.2, 0.25) is 0 Å². The van der Waals surface area contributed by atoms with E-state index >= 15 is 0 Å². The van der Waals surface area contributed by atoms with E-state index in [0.717, 1.165) is 36.8 Å². The highest BCUT2D eigenvalue weighted by Gasteiger charge is 2.53. The molecule has 2 amide bonds. The van der Waals surface area contributed by atoms with E-state index < -0.39 is 5.66 Å². The lowest BCUT2D eigenvalue weighted by molar-refractivity contribution is -0.136. The maximum absolute atomic E-state index is 13.9. The highest BCUT2D eigenvalue weighted by molar-refractivity contribution is 5.94. The number of amides is 2. The molecule has 2 unspecified atom stereocenters. The maximum atomic E-state index is 13.9. The Morgan fingerprint density at radius 3 is 2.06 bits per heavy atom. The van der Waals surface area contributed by atoms with Gasteiger partial charge >= 0.3 is 0 Å². The molecule has 0 saturated carbocycles. The summed E-state index contributed by atoms with van der Waals surface area (Å²) < 4.78 is 0. The van der Waals surface area contributed by atoms with Crippen molar-refractivity contribution in [1.29, 1.82) is 0 Å². The van der Waals surface area contributed by atoms with Crippen LogP contribution in [-0.2, 0) is 17.6 Å². The van der Waals surface area contributed by atoms with E-state index in [4.69, 9.17) is 0 Å². The fourth-order valence-corrected chi connectivity index (χ4v) is 5.84. The van der Waals surface area contributed by atoms with Crippen LogP contribution in [0.25, 0.3) is 0 Å². The van der Waals surface area contributed by atoms with E-state index in [0.29, 0.717) is 19.5 Å². The number of benzene rings is 3. The van der Waals surface area contributed by atoms with Crippen molar-refractivity contribution in [2.45, 2.75) is 56.8 Å². The number of piperidine rings is 1. The number of aryl methyl sites for hydroxylation is 1. The standard InChI is InChI=1S/C31H35N3O2/c1-24(17-18-25-11-5-2-6-12-25)34-30(36)28(23-26-13-7-3-8-14-26)32-31(34)19-21-33(22-20-31)29(35)27-15-9-4-10-16-27/h2-16,24,28,32H,17-23H2,1H3. The van der Waals surface area contributed by atoms with Gasteiger partial charge in [-0.1, -0.05) is 78.9 Å². The zero-order valence-electron chi connectivity index (χ0n) is 21.0. The van der Waals surface area contributed by atoms with E-state index in [1.54, 1.807) is 0 Å². The molecule has 5 nitrogen and oxygen atoms in total. The highest BCUT2D eigenvalue weighted by Crippen LogP contribution is 2.36. The minimum Gasteiger partial charge on any atom is -0.338 e. The summed E-state index contributed by atoms with van der Waals surface area (Å²) >= 11 is 0. The maximum Gasteiger partial charge on any atom is 0.253 e. The molecule has 1 N–H and O–H groups in total. The molecule has 186 valence electrons. The molecule has 2 heterocycles. The number of carbonyl (C=O) groups excluding carboxylic acids is 2. The van der Waals surface area contributed by atoms with Gasteiger partial charge in [0.15, 0.2) is 0 Å². The molecule has 2 fully saturated rings. The Morgan fingerprint density at radius 1 is 0.889 bits per heavy atom. The average Bonchev–Trinajstić information content (AvgIpc) is 3.19. The first-order valence-corrected chi connectivity index (χ1v) is 13.1. The van der Waals surface area contributed by atoms with Crippen LogP contribution in [0.4, 0.5) is 0 Å². The van der Waals surface area contributed by atoms with Crippen LogP contribution in [-0.4, -0.2) is 52.5 Å². The van der Waals surface area contributed by atoms with Crippen LogP contribution in [0.15, 0.2) is 91.0 Å². The molecule has 1 spiro atoms. The van der Waals surface area contributed by atoms with Gasteiger partial charge in [-0.15, -0.1) is 0 Å². The summed E-state index contributed by atoms with van der Waals surface area (Å²) in [5.74, 6) is 0.251. The lowest BCUT2D eigenvalue weighted by Crippen LogP contribution is -2.61. The van der Waals surface area contributed by atoms with E-state index in [-0.39, 0.29) is 23.9 Å². The number of nitrogens with one attached hydrogen (secondary N) is 1. The lowest BCUT2D eigenvalue weighted by Gasteiger charge is -2.47. The second-order valence-electron chi connectivity index (χ2n) is 10.2. The molecule has 2 aliphatic heterocycles. The molecule has 2 aliphatic rings. The Labute approximate surface area is 214 Å². The highest BCUT2D eigenvalue weighted by atomic mass is 16.2. The average molecular weight is 482 g/mol. The molecular weight excluding hydrogens is 446 g/mol. The Kier molecular flexibility index (Phi) is 7.19. The van der Waals surface area contributed by atoms with E-state index in [9.17, 15) is 9.59 Å². The summed E-state index contributed by atoms with van der Waals surface area (Å²) in [5.41, 5.74) is 2.76. The van der Waals surface area contributed by atoms with Crippen molar-refractivity contribution >= 4 is 11.8 Å². The molecule has 36 heavy (non-hydrogen) atoms. The third-order valence-corrected chi connectivity index (χ3v) is 7.76. The second kappa shape index (κ2) is 10.7. The number of hydrogen-bond acceptors (Lipinski definition) is 3. The minimum absolute atomic E-state index is 0.0688. The van der Waals surface area contributed by atoms with Gasteiger partial charge in [-0.3, -0.25) is 14.9 Å². The predicted octanol–water partition coefficient (Wildman–Crippen LogP) is 4.68. The van der Waals surface area contributed by atoms with Gasteiger partial charge in [-0.2, -0.15) is 0 Å². The van der Waals surface area contributed by atoms with E-state index in [1.165, 1.54) is 5.56 Å². The lowest BCUT2D eigenvalue weighted by atomic mass is 9.93. The third kappa shape index (κ3) is 5.07. The van der Waals surface area contributed by atoms with Gasteiger partial charge < -0.3 is 9.80 Å². The summed E-state index contributed by atoms with van der Waals surface area (Å²) in [6.45, 7) is 3.44. The van der Waals surface area contributed by atoms with Crippen molar-refractivity contribution in [2.75, 3.05) is 13.1 Å². The summed E-state index contributed by atoms with van der Waals surface area (Å²) in [6, 6.07) is 30.0. The van der Waals surface area contributed by atoms with Crippen LogP contribution in [0.5, 0.6) is 0 Å². The molecule has 2 atom stereocenters. The Morgan fingerprint density at radius 2 is 1.44 bits per heavy atom. The fourth-order valence-electron chi connectivity index (χ4n) is 5.84. The Balaban J connectivity index is 1.34. The van der Waals surface area contributed by atoms with Crippen LogP contribution >= 0.6 is 0 Å². The molecule has 0 radical (unpaired) electrons. The zero-order valence-corrected chi connectivity index (χ0v) is 21.0. The largest absolute Gasteiger partial charge is 0.338 e.